The molecule has 1 heterocycles. The molecule has 72 valence electrons. The number of likely N-dealkylation sites (tertiary alicyclic amines) is 1. The first-order valence-corrected chi connectivity index (χ1v) is 5.14. The van der Waals surface area contributed by atoms with E-state index >= 15 is 0 Å². The lowest BCUT2D eigenvalue weighted by Crippen LogP contribution is -2.41. The van der Waals surface area contributed by atoms with Gasteiger partial charge >= 0.3 is 0 Å². The SMILES string of the molecule is CCCCCC1(N)CCN(C)C1. The van der Waals surface area contributed by atoms with Crippen molar-refractivity contribution in [3.63, 3.8) is 0 Å². The number of hydrogen-bond donors (Lipinski definition) is 1. The first-order chi connectivity index (χ1) is 5.66. The normalized spacial score (nSPS) is 31.2. The van der Waals surface area contributed by atoms with E-state index in [1.54, 1.807) is 0 Å². The molecule has 0 aliphatic carbocycles. The Kier molecular flexibility index (Phi) is 3.53. The molecule has 1 unspecified atom stereocenters. The summed E-state index contributed by atoms with van der Waals surface area (Å²) >= 11 is 0. The fraction of sp³-hybridized carbons (Fsp3) is 1.00. The van der Waals surface area contributed by atoms with Crippen molar-refractivity contribution in [3.8, 4) is 0 Å². The summed E-state index contributed by atoms with van der Waals surface area (Å²) in [6, 6.07) is 0. The van der Waals surface area contributed by atoms with Gasteiger partial charge in [-0.2, -0.15) is 0 Å². The molecule has 0 bridgehead atoms. The number of nitrogens with zero attached hydrogens (tertiary/aromatic N) is 1. The van der Waals surface area contributed by atoms with Gasteiger partial charge in [0.1, 0.15) is 0 Å². The zero-order valence-corrected chi connectivity index (χ0v) is 8.47. The summed E-state index contributed by atoms with van der Waals surface area (Å²) in [7, 11) is 2.16. The van der Waals surface area contributed by atoms with E-state index in [1.807, 2.05) is 0 Å². The van der Waals surface area contributed by atoms with Crippen LogP contribution in [-0.4, -0.2) is 30.6 Å². The minimum Gasteiger partial charge on any atom is -0.324 e. The molecule has 1 aliphatic rings. The van der Waals surface area contributed by atoms with Crippen molar-refractivity contribution >= 4 is 0 Å². The van der Waals surface area contributed by atoms with Gasteiger partial charge in [0.05, 0.1) is 0 Å². The third-order valence-corrected chi connectivity index (χ3v) is 2.85. The van der Waals surface area contributed by atoms with Crippen molar-refractivity contribution in [2.45, 2.75) is 44.6 Å². The second-order valence-corrected chi connectivity index (χ2v) is 4.31. The number of nitrogens with two attached hydrogens (primary N) is 1. The predicted octanol–water partition coefficient (Wildman–Crippen LogP) is 1.60. The van der Waals surface area contributed by atoms with Gasteiger partial charge in [-0.05, 0) is 26.4 Å². The van der Waals surface area contributed by atoms with Crippen LogP contribution in [-0.2, 0) is 0 Å². The van der Waals surface area contributed by atoms with Gasteiger partial charge in [0, 0.05) is 12.1 Å². The van der Waals surface area contributed by atoms with Gasteiger partial charge < -0.3 is 10.6 Å². The Morgan fingerprint density at radius 3 is 2.67 bits per heavy atom. The smallest absolute Gasteiger partial charge is 0.0295 e. The maximum absolute atomic E-state index is 6.25. The van der Waals surface area contributed by atoms with E-state index in [0.29, 0.717) is 0 Å². The standard InChI is InChI=1S/C10H22N2/c1-3-4-5-6-10(11)7-8-12(2)9-10/h3-9,11H2,1-2H3. The van der Waals surface area contributed by atoms with Crippen molar-refractivity contribution < 1.29 is 0 Å². The Balaban J connectivity index is 2.21. The maximum Gasteiger partial charge on any atom is 0.0295 e. The van der Waals surface area contributed by atoms with Gasteiger partial charge in [0.2, 0.25) is 0 Å². The van der Waals surface area contributed by atoms with E-state index in [-0.39, 0.29) is 5.54 Å². The zero-order valence-electron chi connectivity index (χ0n) is 8.47. The lowest BCUT2D eigenvalue weighted by Gasteiger charge is -2.23. The topological polar surface area (TPSA) is 29.3 Å². The van der Waals surface area contributed by atoms with E-state index in [0.717, 1.165) is 6.54 Å². The summed E-state index contributed by atoms with van der Waals surface area (Å²) in [6.07, 6.45) is 6.34. The van der Waals surface area contributed by atoms with Crippen molar-refractivity contribution in [2.75, 3.05) is 20.1 Å². The summed E-state index contributed by atoms with van der Waals surface area (Å²) in [5.74, 6) is 0. The van der Waals surface area contributed by atoms with Crippen LogP contribution in [0.3, 0.4) is 0 Å². The van der Waals surface area contributed by atoms with Crippen molar-refractivity contribution in [1.29, 1.82) is 0 Å². The molecular weight excluding hydrogens is 148 g/mol. The second-order valence-electron chi connectivity index (χ2n) is 4.31. The van der Waals surface area contributed by atoms with Crippen molar-refractivity contribution in [3.05, 3.63) is 0 Å². The maximum atomic E-state index is 6.25. The molecule has 0 aromatic heterocycles. The monoisotopic (exact) mass is 170 g/mol. The highest BCUT2D eigenvalue weighted by molar-refractivity contribution is 4.92. The Labute approximate surface area is 76.1 Å². The molecule has 2 N–H and O–H groups in total. The molecule has 0 radical (unpaired) electrons. The van der Waals surface area contributed by atoms with Gasteiger partial charge in [0.15, 0.2) is 0 Å². The molecule has 2 heteroatoms. The van der Waals surface area contributed by atoms with Crippen LogP contribution in [0, 0.1) is 0 Å². The Bertz CT molecular complexity index is 136. The van der Waals surface area contributed by atoms with Crippen molar-refractivity contribution in [2.24, 2.45) is 5.73 Å². The van der Waals surface area contributed by atoms with Gasteiger partial charge in [-0.15, -0.1) is 0 Å². The molecular formula is C10H22N2. The fourth-order valence-corrected chi connectivity index (χ4v) is 2.04. The quantitative estimate of drug-likeness (QED) is 0.649. The summed E-state index contributed by atoms with van der Waals surface area (Å²) in [5.41, 5.74) is 6.39. The highest BCUT2D eigenvalue weighted by Crippen LogP contribution is 2.23. The molecule has 0 spiro atoms. The molecule has 1 aliphatic heterocycles. The predicted molar refractivity (Wildman–Crippen MR) is 53.2 cm³/mol. The minimum atomic E-state index is 0.143. The van der Waals surface area contributed by atoms with Crippen LogP contribution in [0.4, 0.5) is 0 Å². The van der Waals surface area contributed by atoms with E-state index in [2.05, 4.69) is 18.9 Å². The third-order valence-electron chi connectivity index (χ3n) is 2.85. The van der Waals surface area contributed by atoms with Gasteiger partial charge in [-0.1, -0.05) is 26.2 Å². The summed E-state index contributed by atoms with van der Waals surface area (Å²) in [4.78, 5) is 2.34. The lowest BCUT2D eigenvalue weighted by molar-refractivity contribution is 0.346. The summed E-state index contributed by atoms with van der Waals surface area (Å²) in [5, 5.41) is 0. The number of rotatable bonds is 4. The van der Waals surface area contributed by atoms with E-state index in [9.17, 15) is 0 Å². The first-order valence-electron chi connectivity index (χ1n) is 5.14. The number of hydrogen-bond acceptors (Lipinski definition) is 2. The van der Waals surface area contributed by atoms with E-state index in [4.69, 9.17) is 5.73 Å². The lowest BCUT2D eigenvalue weighted by atomic mass is 9.93. The Morgan fingerprint density at radius 2 is 2.17 bits per heavy atom. The Hall–Kier alpha value is -0.0800. The van der Waals surface area contributed by atoms with Gasteiger partial charge in [-0.3, -0.25) is 0 Å². The fourth-order valence-electron chi connectivity index (χ4n) is 2.04. The van der Waals surface area contributed by atoms with Crippen molar-refractivity contribution in [1.82, 2.24) is 4.90 Å². The minimum absolute atomic E-state index is 0.143. The molecule has 0 saturated carbocycles. The zero-order chi connectivity index (χ0) is 9.03. The van der Waals surface area contributed by atoms with Crippen LogP contribution in [0.1, 0.15) is 39.0 Å². The molecule has 0 amide bonds. The van der Waals surface area contributed by atoms with Crippen LogP contribution >= 0.6 is 0 Å². The average molecular weight is 170 g/mol. The molecule has 2 nitrogen and oxygen atoms in total. The second kappa shape index (κ2) is 4.24. The van der Waals surface area contributed by atoms with Crippen LogP contribution < -0.4 is 5.73 Å². The highest BCUT2D eigenvalue weighted by Gasteiger charge is 2.31. The average Bonchev–Trinajstić information content (AvgIpc) is 2.32. The number of unbranched alkanes of at least 4 members (excludes halogenated alkanes) is 2. The molecule has 1 saturated heterocycles. The van der Waals surface area contributed by atoms with Crippen LogP contribution in [0.5, 0.6) is 0 Å². The number of likely N-dealkylation sites (N-methyl/N-ethyl adjacent to an activating group) is 1. The summed E-state index contributed by atoms with van der Waals surface area (Å²) < 4.78 is 0. The molecule has 1 rings (SSSR count). The molecule has 12 heavy (non-hydrogen) atoms. The van der Waals surface area contributed by atoms with Crippen LogP contribution in [0.15, 0.2) is 0 Å². The van der Waals surface area contributed by atoms with E-state index < -0.39 is 0 Å². The van der Waals surface area contributed by atoms with E-state index in [1.165, 1.54) is 38.6 Å². The molecule has 1 atom stereocenters. The summed E-state index contributed by atoms with van der Waals surface area (Å²) in [6.45, 7) is 4.52. The molecule has 0 aromatic rings. The highest BCUT2D eigenvalue weighted by atomic mass is 15.2. The third kappa shape index (κ3) is 2.76. The molecule has 1 fully saturated rings. The van der Waals surface area contributed by atoms with Crippen LogP contribution in [0.2, 0.25) is 0 Å². The van der Waals surface area contributed by atoms with Gasteiger partial charge in [0.25, 0.3) is 0 Å². The van der Waals surface area contributed by atoms with Crippen LogP contribution in [0.25, 0.3) is 0 Å². The van der Waals surface area contributed by atoms with Gasteiger partial charge in [-0.25, -0.2) is 0 Å². The first kappa shape index (κ1) is 10.0. The largest absolute Gasteiger partial charge is 0.324 e. The molecule has 0 aromatic carbocycles. The Morgan fingerprint density at radius 1 is 1.42 bits per heavy atom.